The van der Waals surface area contributed by atoms with Gasteiger partial charge < -0.3 is 4.74 Å². The predicted molar refractivity (Wildman–Crippen MR) is 34.1 cm³/mol. The molecule has 0 unspecified atom stereocenters. The van der Waals surface area contributed by atoms with E-state index in [1.807, 2.05) is 13.8 Å². The summed E-state index contributed by atoms with van der Waals surface area (Å²) < 4.78 is 4.86. The van der Waals surface area contributed by atoms with Crippen LogP contribution in [0.1, 0.15) is 13.8 Å². The van der Waals surface area contributed by atoms with Gasteiger partial charge in [0.2, 0.25) is 5.90 Å². The molecule has 0 radical (unpaired) electrons. The first-order valence-electron chi connectivity index (χ1n) is 2.54. The maximum absolute atomic E-state index is 6.93. The fourth-order valence-corrected chi connectivity index (χ4v) is 0.302. The lowest BCUT2D eigenvalue weighted by molar-refractivity contribution is 0.229. The Bertz CT molecular complexity index is 96.7. The van der Waals surface area contributed by atoms with E-state index in [1.54, 1.807) is 0 Å². The highest BCUT2D eigenvalue weighted by atomic mass is 16.5. The van der Waals surface area contributed by atoms with Gasteiger partial charge in [-0.1, -0.05) is 6.58 Å². The minimum atomic E-state index is 0.0838. The van der Waals surface area contributed by atoms with Crippen LogP contribution < -0.4 is 0 Å². The number of hydrogen-bond acceptors (Lipinski definition) is 2. The molecule has 2 nitrogen and oxygen atoms in total. The summed E-state index contributed by atoms with van der Waals surface area (Å²) in [5.74, 6) is 0.139. The second-order valence-corrected chi connectivity index (χ2v) is 1.73. The second-order valence-electron chi connectivity index (χ2n) is 1.73. The van der Waals surface area contributed by atoms with Crippen LogP contribution in [0.2, 0.25) is 0 Å². The molecule has 0 bridgehead atoms. The second kappa shape index (κ2) is 3.24. The van der Waals surface area contributed by atoms with Crippen LogP contribution >= 0.6 is 0 Å². The minimum Gasteiger partial charge on any atom is -0.475 e. The molecule has 0 saturated heterocycles. The SMILES string of the molecule is C=CC(=N)OC(C)C. The van der Waals surface area contributed by atoms with E-state index in [4.69, 9.17) is 10.1 Å². The molecule has 8 heavy (non-hydrogen) atoms. The lowest BCUT2D eigenvalue weighted by Gasteiger charge is -2.05. The number of rotatable bonds is 2. The summed E-state index contributed by atoms with van der Waals surface area (Å²) in [4.78, 5) is 0. The fraction of sp³-hybridized carbons (Fsp3) is 0.500. The molecular weight excluding hydrogens is 102 g/mol. The van der Waals surface area contributed by atoms with Gasteiger partial charge in [0.1, 0.15) is 0 Å². The maximum Gasteiger partial charge on any atom is 0.205 e. The molecule has 0 rings (SSSR count). The van der Waals surface area contributed by atoms with E-state index >= 15 is 0 Å². The first-order chi connectivity index (χ1) is 3.66. The highest BCUT2D eigenvalue weighted by Gasteiger charge is 1.92. The van der Waals surface area contributed by atoms with Crippen molar-refractivity contribution < 1.29 is 4.74 Å². The van der Waals surface area contributed by atoms with Gasteiger partial charge in [0.05, 0.1) is 6.10 Å². The topological polar surface area (TPSA) is 33.1 Å². The van der Waals surface area contributed by atoms with Crippen LogP contribution in [-0.2, 0) is 4.74 Å². The lowest BCUT2D eigenvalue weighted by Crippen LogP contribution is -2.06. The quantitative estimate of drug-likeness (QED) is 0.428. The van der Waals surface area contributed by atoms with Gasteiger partial charge in [0.15, 0.2) is 0 Å². The van der Waals surface area contributed by atoms with Crippen LogP contribution in [0.3, 0.4) is 0 Å². The van der Waals surface area contributed by atoms with Crippen molar-refractivity contribution in [3.8, 4) is 0 Å². The Labute approximate surface area is 49.7 Å². The molecule has 46 valence electrons. The van der Waals surface area contributed by atoms with E-state index in [2.05, 4.69) is 6.58 Å². The fourth-order valence-electron chi connectivity index (χ4n) is 0.302. The summed E-state index contributed by atoms with van der Waals surface area (Å²) in [6.07, 6.45) is 1.46. The van der Waals surface area contributed by atoms with Gasteiger partial charge in [-0.2, -0.15) is 0 Å². The molecule has 0 aliphatic rings. The highest BCUT2D eigenvalue weighted by molar-refractivity contribution is 5.84. The van der Waals surface area contributed by atoms with Gasteiger partial charge in [-0.3, -0.25) is 5.41 Å². The zero-order valence-electron chi connectivity index (χ0n) is 5.27. The normalized spacial score (nSPS) is 8.88. The van der Waals surface area contributed by atoms with E-state index in [0.29, 0.717) is 0 Å². The van der Waals surface area contributed by atoms with Crippen LogP contribution in [0.15, 0.2) is 12.7 Å². The highest BCUT2D eigenvalue weighted by Crippen LogP contribution is 1.88. The van der Waals surface area contributed by atoms with Crippen molar-refractivity contribution in [3.63, 3.8) is 0 Å². The van der Waals surface area contributed by atoms with E-state index in [-0.39, 0.29) is 12.0 Å². The van der Waals surface area contributed by atoms with Crippen molar-refractivity contribution in [3.05, 3.63) is 12.7 Å². The average Bonchev–Trinajstić information content (AvgIpc) is 1.65. The Morgan fingerprint density at radius 2 is 2.25 bits per heavy atom. The predicted octanol–water partition coefficient (Wildman–Crippen LogP) is 1.57. The number of ether oxygens (including phenoxy) is 1. The molecule has 0 amide bonds. The molecule has 0 spiro atoms. The van der Waals surface area contributed by atoms with Gasteiger partial charge in [0.25, 0.3) is 0 Å². The zero-order valence-corrected chi connectivity index (χ0v) is 5.27. The van der Waals surface area contributed by atoms with E-state index in [0.717, 1.165) is 0 Å². The van der Waals surface area contributed by atoms with Gasteiger partial charge in [-0.25, -0.2) is 0 Å². The third kappa shape index (κ3) is 3.40. The third-order valence-corrected chi connectivity index (χ3v) is 0.548. The Hall–Kier alpha value is -0.790. The molecule has 1 N–H and O–H groups in total. The molecule has 0 aliphatic carbocycles. The van der Waals surface area contributed by atoms with Crippen LogP contribution in [-0.4, -0.2) is 12.0 Å². The van der Waals surface area contributed by atoms with Crippen LogP contribution in [0.4, 0.5) is 0 Å². The maximum atomic E-state index is 6.93. The molecule has 0 aromatic heterocycles. The van der Waals surface area contributed by atoms with Crippen molar-refractivity contribution in [2.45, 2.75) is 20.0 Å². The van der Waals surface area contributed by atoms with E-state index < -0.39 is 0 Å². The van der Waals surface area contributed by atoms with Crippen molar-refractivity contribution in [1.29, 1.82) is 5.41 Å². The number of hydrogen-bond donors (Lipinski definition) is 1. The summed E-state index contributed by atoms with van der Waals surface area (Å²) in [6, 6.07) is 0. The van der Waals surface area contributed by atoms with Crippen LogP contribution in [0, 0.1) is 5.41 Å². The first kappa shape index (κ1) is 7.21. The number of nitrogens with one attached hydrogen (secondary N) is 1. The summed E-state index contributed by atoms with van der Waals surface area (Å²) in [6.45, 7) is 7.11. The van der Waals surface area contributed by atoms with Crippen molar-refractivity contribution in [2.75, 3.05) is 0 Å². The third-order valence-electron chi connectivity index (χ3n) is 0.548. The van der Waals surface area contributed by atoms with Crippen molar-refractivity contribution in [1.82, 2.24) is 0 Å². The standard InChI is InChI=1S/C6H11NO/c1-4-6(7)8-5(2)3/h4-5,7H,1H2,2-3H3. The van der Waals surface area contributed by atoms with Gasteiger partial charge in [-0.05, 0) is 19.9 Å². The van der Waals surface area contributed by atoms with Crippen LogP contribution in [0.5, 0.6) is 0 Å². The molecule has 0 aliphatic heterocycles. The van der Waals surface area contributed by atoms with Crippen LogP contribution in [0.25, 0.3) is 0 Å². The Kier molecular flexibility index (Phi) is 2.92. The molecule has 0 saturated carbocycles. The molecule has 2 heteroatoms. The summed E-state index contributed by atoms with van der Waals surface area (Å²) in [7, 11) is 0. The zero-order chi connectivity index (χ0) is 6.57. The van der Waals surface area contributed by atoms with Gasteiger partial charge in [-0.15, -0.1) is 0 Å². The molecule has 0 aromatic carbocycles. The average molecular weight is 113 g/mol. The van der Waals surface area contributed by atoms with E-state index in [1.165, 1.54) is 6.08 Å². The van der Waals surface area contributed by atoms with Crippen molar-refractivity contribution >= 4 is 5.90 Å². The van der Waals surface area contributed by atoms with Crippen molar-refractivity contribution in [2.24, 2.45) is 0 Å². The molecule has 0 aromatic rings. The minimum absolute atomic E-state index is 0.0838. The Morgan fingerprint density at radius 1 is 1.75 bits per heavy atom. The summed E-state index contributed by atoms with van der Waals surface area (Å²) in [5, 5.41) is 6.93. The van der Waals surface area contributed by atoms with Gasteiger partial charge >= 0.3 is 0 Å². The van der Waals surface area contributed by atoms with E-state index in [9.17, 15) is 0 Å². The summed E-state index contributed by atoms with van der Waals surface area (Å²) in [5.41, 5.74) is 0. The molecule has 0 fully saturated rings. The lowest BCUT2D eigenvalue weighted by atomic mass is 10.5. The molecule has 0 atom stereocenters. The monoisotopic (exact) mass is 113 g/mol. The van der Waals surface area contributed by atoms with Gasteiger partial charge in [0, 0.05) is 0 Å². The Balaban J connectivity index is 3.39. The largest absolute Gasteiger partial charge is 0.475 e. The molecule has 0 heterocycles. The summed E-state index contributed by atoms with van der Waals surface area (Å²) >= 11 is 0. The molecular formula is C6H11NO. The first-order valence-corrected chi connectivity index (χ1v) is 2.54. The smallest absolute Gasteiger partial charge is 0.205 e. The Morgan fingerprint density at radius 3 is 2.38 bits per heavy atom.